The van der Waals surface area contributed by atoms with E-state index in [9.17, 15) is 0 Å². The van der Waals surface area contributed by atoms with E-state index in [1.165, 1.54) is 5.56 Å². The van der Waals surface area contributed by atoms with Gasteiger partial charge in [0.05, 0.1) is 5.02 Å². The Hall–Kier alpha value is -1.51. The highest BCUT2D eigenvalue weighted by molar-refractivity contribution is 6.32. The molecule has 106 valence electrons. The number of benzene rings is 2. The van der Waals surface area contributed by atoms with Crippen LogP contribution in [-0.4, -0.2) is 6.04 Å². The molecule has 2 rings (SSSR count). The topological polar surface area (TPSA) is 35.2 Å². The molecular formula is C17H20ClNO. The monoisotopic (exact) mass is 289 g/mol. The van der Waals surface area contributed by atoms with Gasteiger partial charge in [-0.1, -0.05) is 29.8 Å². The summed E-state index contributed by atoms with van der Waals surface area (Å²) in [4.78, 5) is 0. The van der Waals surface area contributed by atoms with Crippen molar-refractivity contribution >= 4 is 11.6 Å². The van der Waals surface area contributed by atoms with E-state index in [2.05, 4.69) is 12.1 Å². The van der Waals surface area contributed by atoms with Gasteiger partial charge < -0.3 is 10.5 Å². The summed E-state index contributed by atoms with van der Waals surface area (Å²) in [5.74, 6) is 1.52. The molecule has 0 heterocycles. The van der Waals surface area contributed by atoms with Gasteiger partial charge in [-0.2, -0.15) is 0 Å². The summed E-state index contributed by atoms with van der Waals surface area (Å²) in [6.45, 7) is 6.04. The predicted molar refractivity (Wildman–Crippen MR) is 84.8 cm³/mol. The zero-order valence-corrected chi connectivity index (χ0v) is 12.9. The van der Waals surface area contributed by atoms with Crippen LogP contribution in [0.2, 0.25) is 5.02 Å². The summed E-state index contributed by atoms with van der Waals surface area (Å²) in [7, 11) is 0. The van der Waals surface area contributed by atoms with Gasteiger partial charge in [0.15, 0.2) is 0 Å². The van der Waals surface area contributed by atoms with E-state index in [1.807, 2.05) is 45.0 Å². The van der Waals surface area contributed by atoms with Gasteiger partial charge in [-0.05, 0) is 62.1 Å². The van der Waals surface area contributed by atoms with Gasteiger partial charge in [0.2, 0.25) is 0 Å². The summed E-state index contributed by atoms with van der Waals surface area (Å²) in [6.07, 6.45) is 0.832. The molecule has 2 N–H and O–H groups in total. The fraction of sp³-hybridized carbons (Fsp3) is 0.294. The molecule has 2 nitrogen and oxygen atoms in total. The summed E-state index contributed by atoms with van der Waals surface area (Å²) in [5.41, 5.74) is 9.22. The van der Waals surface area contributed by atoms with Crippen LogP contribution in [0.4, 0.5) is 0 Å². The van der Waals surface area contributed by atoms with E-state index >= 15 is 0 Å². The largest absolute Gasteiger partial charge is 0.456 e. The average molecular weight is 290 g/mol. The van der Waals surface area contributed by atoms with Gasteiger partial charge in [-0.15, -0.1) is 0 Å². The smallest absolute Gasteiger partial charge is 0.146 e. The van der Waals surface area contributed by atoms with Gasteiger partial charge in [0.25, 0.3) is 0 Å². The Morgan fingerprint density at radius 2 is 1.85 bits per heavy atom. The Bertz CT molecular complexity index is 608. The van der Waals surface area contributed by atoms with Crippen molar-refractivity contribution in [2.75, 3.05) is 0 Å². The minimum Gasteiger partial charge on any atom is -0.456 e. The van der Waals surface area contributed by atoms with Gasteiger partial charge in [-0.3, -0.25) is 0 Å². The Morgan fingerprint density at radius 1 is 1.10 bits per heavy atom. The minimum absolute atomic E-state index is 0.133. The second-order valence-corrected chi connectivity index (χ2v) is 5.72. The summed E-state index contributed by atoms with van der Waals surface area (Å²) >= 11 is 6.18. The van der Waals surface area contributed by atoms with Crippen molar-refractivity contribution in [1.82, 2.24) is 0 Å². The van der Waals surface area contributed by atoms with Crippen LogP contribution in [0.3, 0.4) is 0 Å². The molecule has 3 heteroatoms. The maximum atomic E-state index is 6.18. The highest BCUT2D eigenvalue weighted by Crippen LogP contribution is 2.32. The normalized spacial score (nSPS) is 12.2. The van der Waals surface area contributed by atoms with Crippen LogP contribution < -0.4 is 10.5 Å². The fourth-order valence-electron chi connectivity index (χ4n) is 2.06. The summed E-state index contributed by atoms with van der Waals surface area (Å²) < 4.78 is 5.97. The quantitative estimate of drug-likeness (QED) is 0.890. The molecule has 0 aliphatic carbocycles. The lowest BCUT2D eigenvalue weighted by Crippen LogP contribution is -2.17. The molecule has 0 aromatic heterocycles. The second-order valence-electron chi connectivity index (χ2n) is 5.32. The van der Waals surface area contributed by atoms with Gasteiger partial charge in [0.1, 0.15) is 11.5 Å². The molecular weight excluding hydrogens is 270 g/mol. The summed E-state index contributed by atoms with van der Waals surface area (Å²) in [5, 5.41) is 0.618. The average Bonchev–Trinajstić information content (AvgIpc) is 2.37. The lowest BCUT2D eigenvalue weighted by Gasteiger charge is -2.13. The molecule has 0 radical (unpaired) electrons. The van der Waals surface area contributed by atoms with E-state index in [0.29, 0.717) is 10.8 Å². The molecule has 0 spiro atoms. The van der Waals surface area contributed by atoms with E-state index in [0.717, 1.165) is 23.3 Å². The lowest BCUT2D eigenvalue weighted by molar-refractivity contribution is 0.478. The molecule has 0 saturated carbocycles. The number of halogens is 1. The van der Waals surface area contributed by atoms with Crippen LogP contribution in [0, 0.1) is 13.8 Å². The molecule has 0 saturated heterocycles. The molecule has 0 bridgehead atoms. The van der Waals surface area contributed by atoms with Crippen LogP contribution in [0.15, 0.2) is 36.4 Å². The molecule has 0 aliphatic heterocycles. The summed E-state index contributed by atoms with van der Waals surface area (Å²) in [6, 6.07) is 12.1. The van der Waals surface area contributed by atoms with Gasteiger partial charge >= 0.3 is 0 Å². The van der Waals surface area contributed by atoms with Crippen molar-refractivity contribution in [2.24, 2.45) is 5.73 Å². The van der Waals surface area contributed by atoms with E-state index in [4.69, 9.17) is 22.1 Å². The van der Waals surface area contributed by atoms with Crippen LogP contribution >= 0.6 is 11.6 Å². The number of nitrogens with two attached hydrogens (primary N) is 1. The van der Waals surface area contributed by atoms with Crippen LogP contribution in [0.1, 0.15) is 23.6 Å². The molecule has 0 fully saturated rings. The maximum Gasteiger partial charge on any atom is 0.146 e. The maximum absolute atomic E-state index is 6.18. The van der Waals surface area contributed by atoms with Gasteiger partial charge in [-0.25, -0.2) is 0 Å². The number of ether oxygens (including phenoxy) is 1. The zero-order chi connectivity index (χ0) is 14.7. The molecule has 0 aliphatic rings. The van der Waals surface area contributed by atoms with Crippen LogP contribution in [-0.2, 0) is 6.42 Å². The standard InChI is InChI=1S/C17H20ClNO/c1-11-4-7-15(18)17(8-11)20-16-10-14(9-13(3)19)6-5-12(16)2/h4-8,10,13H,9,19H2,1-3H3. The van der Waals surface area contributed by atoms with Crippen molar-refractivity contribution < 1.29 is 4.74 Å². The third-order valence-corrected chi connectivity index (χ3v) is 3.43. The lowest BCUT2D eigenvalue weighted by atomic mass is 10.1. The molecule has 0 amide bonds. The van der Waals surface area contributed by atoms with Crippen molar-refractivity contribution in [1.29, 1.82) is 0 Å². The Morgan fingerprint density at radius 3 is 2.55 bits per heavy atom. The number of hydrogen-bond donors (Lipinski definition) is 1. The number of aryl methyl sites for hydroxylation is 2. The first-order chi connectivity index (χ1) is 9.45. The third kappa shape index (κ3) is 3.75. The fourth-order valence-corrected chi connectivity index (χ4v) is 2.22. The second kappa shape index (κ2) is 6.29. The van der Waals surface area contributed by atoms with E-state index in [1.54, 1.807) is 0 Å². The number of hydrogen-bond acceptors (Lipinski definition) is 2. The minimum atomic E-state index is 0.133. The van der Waals surface area contributed by atoms with Crippen molar-refractivity contribution in [2.45, 2.75) is 33.2 Å². The third-order valence-electron chi connectivity index (χ3n) is 3.12. The van der Waals surface area contributed by atoms with E-state index in [-0.39, 0.29) is 6.04 Å². The highest BCUT2D eigenvalue weighted by atomic mass is 35.5. The number of rotatable bonds is 4. The Balaban J connectivity index is 2.30. The predicted octanol–water partition coefficient (Wildman–Crippen LogP) is 4.64. The SMILES string of the molecule is Cc1ccc(Cl)c(Oc2cc(CC(C)N)ccc2C)c1. The van der Waals surface area contributed by atoms with Crippen molar-refractivity contribution in [3.8, 4) is 11.5 Å². The van der Waals surface area contributed by atoms with Crippen LogP contribution in [0.5, 0.6) is 11.5 Å². The van der Waals surface area contributed by atoms with E-state index < -0.39 is 0 Å². The van der Waals surface area contributed by atoms with Crippen molar-refractivity contribution in [3.63, 3.8) is 0 Å². The zero-order valence-electron chi connectivity index (χ0n) is 12.1. The Kier molecular flexibility index (Phi) is 4.69. The highest BCUT2D eigenvalue weighted by Gasteiger charge is 2.08. The Labute approximate surface area is 125 Å². The molecule has 2 aromatic rings. The first-order valence-corrected chi connectivity index (χ1v) is 7.12. The van der Waals surface area contributed by atoms with Crippen LogP contribution in [0.25, 0.3) is 0 Å². The molecule has 1 unspecified atom stereocenters. The van der Waals surface area contributed by atoms with Crippen molar-refractivity contribution in [3.05, 3.63) is 58.1 Å². The first kappa shape index (κ1) is 14.9. The molecule has 20 heavy (non-hydrogen) atoms. The molecule has 2 aromatic carbocycles. The molecule has 1 atom stereocenters. The first-order valence-electron chi connectivity index (χ1n) is 6.75. The van der Waals surface area contributed by atoms with Gasteiger partial charge in [0, 0.05) is 6.04 Å².